The van der Waals surface area contributed by atoms with Gasteiger partial charge in [0.25, 0.3) is 5.91 Å². The van der Waals surface area contributed by atoms with Gasteiger partial charge in [-0.3, -0.25) is 9.69 Å². The molecule has 0 atom stereocenters. The van der Waals surface area contributed by atoms with Gasteiger partial charge in [-0.25, -0.2) is 4.98 Å². The van der Waals surface area contributed by atoms with Gasteiger partial charge in [-0.2, -0.15) is 26.3 Å². The molecule has 0 aliphatic carbocycles. The zero-order valence-electron chi connectivity index (χ0n) is 19.3. The van der Waals surface area contributed by atoms with Crippen molar-refractivity contribution in [1.29, 1.82) is 0 Å². The maximum atomic E-state index is 13.6. The first-order valence-electron chi connectivity index (χ1n) is 10.6. The van der Waals surface area contributed by atoms with E-state index in [1.165, 1.54) is 14.2 Å². The molecule has 1 amide bonds. The second-order valence-corrected chi connectivity index (χ2v) is 8.79. The van der Waals surface area contributed by atoms with E-state index in [0.29, 0.717) is 39.4 Å². The molecular formula is C25H18F6N2O3S. The number of carbonyl (C=O) groups excluding carboxylic acids is 1. The zero-order chi connectivity index (χ0) is 27.0. The second-order valence-electron chi connectivity index (χ2n) is 7.82. The number of ether oxygens (including phenoxy) is 2. The molecule has 4 rings (SSSR count). The number of alkyl halides is 6. The molecule has 0 aliphatic rings. The van der Waals surface area contributed by atoms with Crippen LogP contribution in [0.3, 0.4) is 0 Å². The molecule has 3 aromatic carbocycles. The number of thiazole rings is 1. The van der Waals surface area contributed by atoms with Gasteiger partial charge in [-0.05, 0) is 35.9 Å². The Bertz CT molecular complexity index is 1360. The highest BCUT2D eigenvalue weighted by molar-refractivity contribution is 7.22. The molecule has 0 saturated carbocycles. The Morgan fingerprint density at radius 2 is 1.43 bits per heavy atom. The number of halogens is 6. The number of amides is 1. The van der Waals surface area contributed by atoms with Crippen LogP contribution in [0.1, 0.15) is 27.0 Å². The van der Waals surface area contributed by atoms with E-state index in [4.69, 9.17) is 9.47 Å². The minimum atomic E-state index is -5.10. The van der Waals surface area contributed by atoms with E-state index in [1.54, 1.807) is 42.5 Å². The summed E-state index contributed by atoms with van der Waals surface area (Å²) in [5.74, 6) is -0.327. The van der Waals surface area contributed by atoms with Gasteiger partial charge in [0, 0.05) is 5.56 Å². The summed E-state index contributed by atoms with van der Waals surface area (Å²) in [6.07, 6.45) is -10.2. The number of fused-ring (bicyclic) bond motifs is 1. The van der Waals surface area contributed by atoms with E-state index in [2.05, 4.69) is 4.98 Å². The molecule has 0 unspecified atom stereocenters. The third-order valence-electron chi connectivity index (χ3n) is 5.39. The van der Waals surface area contributed by atoms with Crippen LogP contribution < -0.4 is 14.4 Å². The molecule has 0 saturated heterocycles. The molecule has 0 N–H and O–H groups in total. The summed E-state index contributed by atoms with van der Waals surface area (Å²) in [6, 6.07) is 12.4. The fourth-order valence-electron chi connectivity index (χ4n) is 3.62. The van der Waals surface area contributed by atoms with Gasteiger partial charge in [0.05, 0.1) is 31.9 Å². The largest absolute Gasteiger partial charge is 0.495 e. The van der Waals surface area contributed by atoms with Gasteiger partial charge in [0.15, 0.2) is 5.13 Å². The lowest BCUT2D eigenvalue weighted by Crippen LogP contribution is -2.31. The normalized spacial score (nSPS) is 12.0. The summed E-state index contributed by atoms with van der Waals surface area (Å²) < 4.78 is 91.8. The summed E-state index contributed by atoms with van der Waals surface area (Å²) in [5, 5.41) is 0.0395. The Morgan fingerprint density at radius 1 is 0.865 bits per heavy atom. The molecule has 5 nitrogen and oxygen atoms in total. The highest BCUT2D eigenvalue weighted by Gasteiger charge is 2.38. The van der Waals surface area contributed by atoms with Gasteiger partial charge in [-0.15, -0.1) is 0 Å². The average Bonchev–Trinajstić information content (AvgIpc) is 3.31. The van der Waals surface area contributed by atoms with Crippen molar-refractivity contribution in [2.24, 2.45) is 0 Å². The van der Waals surface area contributed by atoms with Crippen molar-refractivity contribution in [2.75, 3.05) is 19.1 Å². The van der Waals surface area contributed by atoms with Gasteiger partial charge in [0.1, 0.15) is 21.7 Å². The smallest absolute Gasteiger partial charge is 0.416 e. The molecule has 37 heavy (non-hydrogen) atoms. The number of nitrogens with zero attached hydrogens (tertiary/aromatic N) is 2. The van der Waals surface area contributed by atoms with Gasteiger partial charge >= 0.3 is 12.4 Å². The molecule has 0 radical (unpaired) electrons. The lowest BCUT2D eigenvalue weighted by Gasteiger charge is -2.21. The number of hydrogen-bond donors (Lipinski definition) is 0. The molecule has 0 spiro atoms. The molecule has 1 heterocycles. The number of methoxy groups -OCH3 is 2. The lowest BCUT2D eigenvalue weighted by atomic mass is 10.0. The maximum Gasteiger partial charge on any atom is 0.416 e. The average molecular weight is 540 g/mol. The van der Waals surface area contributed by atoms with Gasteiger partial charge < -0.3 is 9.47 Å². The highest BCUT2D eigenvalue weighted by atomic mass is 32.1. The number of anilines is 1. The summed E-state index contributed by atoms with van der Waals surface area (Å²) in [4.78, 5) is 19.1. The molecule has 0 aliphatic heterocycles. The molecule has 1 aromatic heterocycles. The topological polar surface area (TPSA) is 51.7 Å². The Morgan fingerprint density at radius 3 is 1.97 bits per heavy atom. The van der Waals surface area contributed by atoms with Crippen LogP contribution in [0, 0.1) is 0 Å². The van der Waals surface area contributed by atoms with Crippen molar-refractivity contribution in [3.8, 4) is 11.5 Å². The van der Waals surface area contributed by atoms with E-state index in [9.17, 15) is 31.1 Å². The molecule has 194 valence electrons. The second kappa shape index (κ2) is 9.92. The molecular weight excluding hydrogens is 522 g/mol. The van der Waals surface area contributed by atoms with Crippen molar-refractivity contribution < 1.29 is 40.6 Å². The first-order chi connectivity index (χ1) is 17.4. The van der Waals surface area contributed by atoms with E-state index in [0.717, 1.165) is 16.2 Å². The van der Waals surface area contributed by atoms with Crippen LogP contribution >= 0.6 is 11.3 Å². The van der Waals surface area contributed by atoms with Crippen LogP contribution in [0.4, 0.5) is 31.5 Å². The fourth-order valence-corrected chi connectivity index (χ4v) is 4.69. The standard InChI is InChI=1S/C25H18F6N2O3S/c1-35-18-8-9-19(36-2)21-20(18)32-23(37-21)33(13-14-6-4-3-5-7-14)22(34)15-10-16(24(26,27)28)12-17(11-15)25(29,30)31/h3-12H,13H2,1-2H3. The molecule has 0 fully saturated rings. The number of carbonyl (C=O) groups is 1. The Labute approximate surface area is 210 Å². The summed E-state index contributed by atoms with van der Waals surface area (Å²) in [6.45, 7) is -0.165. The first-order valence-corrected chi connectivity index (χ1v) is 11.4. The van der Waals surface area contributed by atoms with Gasteiger partial charge in [-0.1, -0.05) is 41.7 Å². The van der Waals surface area contributed by atoms with Crippen LogP contribution in [-0.2, 0) is 18.9 Å². The predicted molar refractivity (Wildman–Crippen MR) is 126 cm³/mol. The van der Waals surface area contributed by atoms with Crippen molar-refractivity contribution in [2.45, 2.75) is 18.9 Å². The molecule has 12 heteroatoms. The Balaban J connectivity index is 1.90. The van der Waals surface area contributed by atoms with Gasteiger partial charge in [0.2, 0.25) is 0 Å². The van der Waals surface area contributed by atoms with Crippen LogP contribution in [0.2, 0.25) is 0 Å². The summed E-state index contributed by atoms with van der Waals surface area (Å²) in [5.41, 5.74) is -3.04. The number of aromatic nitrogens is 1. The first kappa shape index (κ1) is 26.3. The molecule has 0 bridgehead atoms. The van der Waals surface area contributed by atoms with E-state index < -0.39 is 35.0 Å². The third-order valence-corrected chi connectivity index (χ3v) is 6.49. The van der Waals surface area contributed by atoms with E-state index in [-0.39, 0.29) is 17.7 Å². The van der Waals surface area contributed by atoms with E-state index >= 15 is 0 Å². The maximum absolute atomic E-state index is 13.6. The predicted octanol–water partition coefficient (Wildman–Crippen LogP) is 7.20. The number of rotatable bonds is 6. The van der Waals surface area contributed by atoms with Crippen molar-refractivity contribution >= 4 is 32.6 Å². The lowest BCUT2D eigenvalue weighted by molar-refractivity contribution is -0.143. The minimum Gasteiger partial charge on any atom is -0.495 e. The quantitative estimate of drug-likeness (QED) is 0.243. The monoisotopic (exact) mass is 540 g/mol. The fraction of sp³-hybridized carbons (Fsp3) is 0.200. The summed E-state index contributed by atoms with van der Waals surface area (Å²) >= 11 is 0.992. The third kappa shape index (κ3) is 5.48. The van der Waals surface area contributed by atoms with E-state index in [1.807, 2.05) is 0 Å². The van der Waals surface area contributed by atoms with Crippen LogP contribution in [0.25, 0.3) is 10.2 Å². The number of hydrogen-bond acceptors (Lipinski definition) is 5. The van der Waals surface area contributed by atoms with Crippen LogP contribution in [0.5, 0.6) is 11.5 Å². The molecule has 4 aromatic rings. The van der Waals surface area contributed by atoms with Crippen molar-refractivity contribution in [1.82, 2.24) is 4.98 Å². The number of benzene rings is 3. The Kier molecular flexibility index (Phi) is 7.05. The van der Waals surface area contributed by atoms with Crippen molar-refractivity contribution in [3.63, 3.8) is 0 Å². The minimum absolute atomic E-state index is 0.0221. The van der Waals surface area contributed by atoms with Crippen LogP contribution in [0.15, 0.2) is 60.7 Å². The highest BCUT2D eigenvalue weighted by Crippen LogP contribution is 2.41. The zero-order valence-corrected chi connectivity index (χ0v) is 20.1. The Hall–Kier alpha value is -3.80. The summed E-state index contributed by atoms with van der Waals surface area (Å²) in [7, 11) is 2.84. The SMILES string of the molecule is COc1ccc(OC)c2sc(N(Cc3ccccc3)C(=O)c3cc(C(F)(F)F)cc(C(F)(F)F)c3)nc12. The van der Waals surface area contributed by atoms with Crippen LogP contribution in [-0.4, -0.2) is 25.1 Å². The van der Waals surface area contributed by atoms with Crippen molar-refractivity contribution in [3.05, 3.63) is 82.9 Å².